The molecule has 0 saturated heterocycles. The molecule has 2 unspecified atom stereocenters. The van der Waals surface area contributed by atoms with Crippen molar-refractivity contribution in [3.63, 3.8) is 0 Å². The lowest BCUT2D eigenvalue weighted by Crippen LogP contribution is -2.50. The highest BCUT2D eigenvalue weighted by molar-refractivity contribution is 7.92. The Hall–Kier alpha value is -2.54. The maximum absolute atomic E-state index is 12.8. The van der Waals surface area contributed by atoms with Gasteiger partial charge in [0.15, 0.2) is 6.10 Å². The Morgan fingerprint density at radius 1 is 1.19 bits per heavy atom. The Morgan fingerprint density at radius 2 is 1.89 bits per heavy atom. The third-order valence-corrected chi connectivity index (χ3v) is 5.96. The summed E-state index contributed by atoms with van der Waals surface area (Å²) in [6.45, 7) is 5.91. The van der Waals surface area contributed by atoms with E-state index in [2.05, 4.69) is 5.32 Å². The van der Waals surface area contributed by atoms with Gasteiger partial charge in [0.05, 0.1) is 24.5 Å². The Labute approximate surface area is 160 Å². The zero-order valence-electron chi connectivity index (χ0n) is 15.9. The molecule has 0 aliphatic carbocycles. The molecule has 6 nitrogen and oxygen atoms in total. The molecule has 2 atom stereocenters. The standard InChI is InChI=1S/C20H24N2O4S/c1-13-9-10-16(11-14(13)2)15(3)21-20(23)19-12-22(27(4,24)25)17-7-5-6-8-18(17)26-19/h5-11,15,19H,12H2,1-4H3,(H,21,23). The second-order valence-electron chi connectivity index (χ2n) is 6.94. The molecule has 0 radical (unpaired) electrons. The van der Waals surface area contributed by atoms with Gasteiger partial charge in [-0.3, -0.25) is 9.10 Å². The molecule has 1 N–H and O–H groups in total. The van der Waals surface area contributed by atoms with Gasteiger partial charge in [0, 0.05) is 0 Å². The summed E-state index contributed by atoms with van der Waals surface area (Å²) in [6.07, 6.45) is 0.213. The SMILES string of the molecule is Cc1ccc(C(C)NC(=O)C2CN(S(C)(=O)=O)c3ccccc3O2)cc1C. The normalized spacial score (nSPS) is 17.6. The predicted octanol–water partition coefficient (Wildman–Crippen LogP) is 2.71. The minimum Gasteiger partial charge on any atom is -0.476 e. The molecule has 1 heterocycles. The first-order chi connectivity index (χ1) is 12.7. The van der Waals surface area contributed by atoms with Gasteiger partial charge in [-0.15, -0.1) is 0 Å². The number of sulfonamides is 1. The molecule has 0 spiro atoms. The van der Waals surface area contributed by atoms with E-state index in [9.17, 15) is 13.2 Å². The quantitative estimate of drug-likeness (QED) is 0.874. The van der Waals surface area contributed by atoms with E-state index in [0.717, 1.165) is 17.4 Å². The average molecular weight is 388 g/mol. The highest BCUT2D eigenvalue weighted by Gasteiger charge is 2.35. The summed E-state index contributed by atoms with van der Waals surface area (Å²) in [5, 5.41) is 2.93. The zero-order valence-corrected chi connectivity index (χ0v) is 16.7. The lowest BCUT2D eigenvalue weighted by atomic mass is 10.0. The second-order valence-corrected chi connectivity index (χ2v) is 8.85. The zero-order chi connectivity index (χ0) is 19.8. The summed E-state index contributed by atoms with van der Waals surface area (Å²) in [7, 11) is -3.52. The molecule has 144 valence electrons. The van der Waals surface area contributed by atoms with Crippen LogP contribution in [0.4, 0.5) is 5.69 Å². The first-order valence-electron chi connectivity index (χ1n) is 8.77. The molecule has 2 aromatic rings. The van der Waals surface area contributed by atoms with Crippen molar-refractivity contribution in [2.45, 2.75) is 32.9 Å². The molecule has 3 rings (SSSR count). The van der Waals surface area contributed by atoms with E-state index >= 15 is 0 Å². The van der Waals surface area contributed by atoms with Crippen LogP contribution in [0.5, 0.6) is 5.75 Å². The van der Waals surface area contributed by atoms with Crippen molar-refractivity contribution >= 4 is 21.6 Å². The average Bonchev–Trinajstić information content (AvgIpc) is 2.62. The van der Waals surface area contributed by atoms with E-state index in [0.29, 0.717) is 11.4 Å². The van der Waals surface area contributed by atoms with E-state index < -0.39 is 16.1 Å². The smallest absolute Gasteiger partial charge is 0.263 e. The molecule has 1 aliphatic rings. The molecule has 0 aromatic heterocycles. The fourth-order valence-electron chi connectivity index (χ4n) is 3.08. The van der Waals surface area contributed by atoms with Gasteiger partial charge >= 0.3 is 0 Å². The van der Waals surface area contributed by atoms with Crippen LogP contribution < -0.4 is 14.4 Å². The number of nitrogens with one attached hydrogen (secondary N) is 1. The summed E-state index contributed by atoms with van der Waals surface area (Å²) < 4.78 is 31.3. The van der Waals surface area contributed by atoms with Crippen molar-refractivity contribution in [1.29, 1.82) is 0 Å². The molecule has 0 saturated carbocycles. The number of para-hydroxylation sites is 2. The summed E-state index contributed by atoms with van der Waals surface area (Å²) in [4.78, 5) is 12.8. The van der Waals surface area contributed by atoms with Crippen molar-refractivity contribution in [3.05, 3.63) is 59.2 Å². The summed E-state index contributed by atoms with van der Waals surface area (Å²) in [5.41, 5.74) is 3.78. The number of benzene rings is 2. The Bertz CT molecular complexity index is 972. The van der Waals surface area contributed by atoms with Gasteiger partial charge in [-0.05, 0) is 49.6 Å². The van der Waals surface area contributed by atoms with E-state index in [1.807, 2.05) is 39.0 Å². The fraction of sp³-hybridized carbons (Fsp3) is 0.350. The topological polar surface area (TPSA) is 75.7 Å². The molecule has 2 aromatic carbocycles. The van der Waals surface area contributed by atoms with Crippen LogP contribution in [-0.2, 0) is 14.8 Å². The van der Waals surface area contributed by atoms with Crippen LogP contribution in [0.25, 0.3) is 0 Å². The van der Waals surface area contributed by atoms with Gasteiger partial charge in [-0.1, -0.05) is 30.3 Å². The summed E-state index contributed by atoms with van der Waals surface area (Å²) in [6, 6.07) is 12.6. The van der Waals surface area contributed by atoms with Crippen LogP contribution in [-0.4, -0.2) is 33.2 Å². The van der Waals surface area contributed by atoms with Gasteiger partial charge in [-0.25, -0.2) is 8.42 Å². The van der Waals surface area contributed by atoms with E-state index in [-0.39, 0.29) is 18.5 Å². The second kappa shape index (κ2) is 7.23. The number of rotatable bonds is 4. The maximum atomic E-state index is 12.8. The predicted molar refractivity (Wildman–Crippen MR) is 106 cm³/mol. The van der Waals surface area contributed by atoms with Crippen LogP contribution >= 0.6 is 0 Å². The van der Waals surface area contributed by atoms with Crippen LogP contribution in [0, 0.1) is 13.8 Å². The van der Waals surface area contributed by atoms with Crippen molar-refractivity contribution in [1.82, 2.24) is 5.32 Å². The number of hydrogen-bond donors (Lipinski definition) is 1. The molecular formula is C20H24N2O4S. The number of amides is 1. The molecule has 1 aliphatic heterocycles. The molecule has 27 heavy (non-hydrogen) atoms. The highest BCUT2D eigenvalue weighted by Crippen LogP contribution is 2.34. The van der Waals surface area contributed by atoms with Crippen LogP contribution in [0.1, 0.15) is 29.7 Å². The van der Waals surface area contributed by atoms with Crippen LogP contribution in [0.3, 0.4) is 0 Å². The van der Waals surface area contributed by atoms with Crippen molar-refractivity contribution in [2.24, 2.45) is 0 Å². The molecule has 1 amide bonds. The summed E-state index contributed by atoms with van der Waals surface area (Å²) >= 11 is 0. The number of hydrogen-bond acceptors (Lipinski definition) is 4. The summed E-state index contributed by atoms with van der Waals surface area (Å²) in [5.74, 6) is 0.0389. The first kappa shape index (κ1) is 19.2. The van der Waals surface area contributed by atoms with Crippen molar-refractivity contribution < 1.29 is 17.9 Å². The van der Waals surface area contributed by atoms with Crippen molar-refractivity contribution in [3.8, 4) is 5.75 Å². The first-order valence-corrected chi connectivity index (χ1v) is 10.6. The number of carbonyl (C=O) groups is 1. The van der Waals surface area contributed by atoms with Gasteiger partial charge in [0.2, 0.25) is 10.0 Å². The largest absolute Gasteiger partial charge is 0.476 e. The number of nitrogens with zero attached hydrogens (tertiary/aromatic N) is 1. The third-order valence-electron chi connectivity index (χ3n) is 4.82. The Morgan fingerprint density at radius 3 is 2.56 bits per heavy atom. The van der Waals surface area contributed by atoms with Gasteiger partial charge in [0.1, 0.15) is 5.75 Å². The Kier molecular flexibility index (Phi) is 5.15. The molecule has 0 fully saturated rings. The van der Waals surface area contributed by atoms with Gasteiger partial charge in [0.25, 0.3) is 5.91 Å². The van der Waals surface area contributed by atoms with Gasteiger partial charge in [-0.2, -0.15) is 0 Å². The van der Waals surface area contributed by atoms with Gasteiger partial charge < -0.3 is 10.1 Å². The number of aryl methyl sites for hydroxylation is 2. The minimum atomic E-state index is -3.52. The maximum Gasteiger partial charge on any atom is 0.263 e. The third kappa shape index (κ3) is 4.08. The number of fused-ring (bicyclic) bond motifs is 1. The van der Waals surface area contributed by atoms with Crippen LogP contribution in [0.2, 0.25) is 0 Å². The van der Waals surface area contributed by atoms with E-state index in [1.165, 1.54) is 9.87 Å². The minimum absolute atomic E-state index is 0.0542. The molecular weight excluding hydrogens is 364 g/mol. The van der Waals surface area contributed by atoms with Crippen LogP contribution in [0.15, 0.2) is 42.5 Å². The lowest BCUT2D eigenvalue weighted by Gasteiger charge is -2.34. The highest BCUT2D eigenvalue weighted by atomic mass is 32.2. The number of anilines is 1. The number of ether oxygens (including phenoxy) is 1. The molecule has 0 bridgehead atoms. The van der Waals surface area contributed by atoms with E-state index in [1.54, 1.807) is 24.3 Å². The monoisotopic (exact) mass is 388 g/mol. The lowest BCUT2D eigenvalue weighted by molar-refractivity contribution is -0.128. The van der Waals surface area contributed by atoms with E-state index in [4.69, 9.17) is 4.74 Å². The van der Waals surface area contributed by atoms with Crippen molar-refractivity contribution in [2.75, 3.05) is 17.1 Å². The molecule has 7 heteroatoms. The fourth-order valence-corrected chi connectivity index (χ4v) is 3.99. The number of carbonyl (C=O) groups excluding carboxylic acids is 1. The Balaban J connectivity index is 1.80.